The monoisotopic (exact) mass is 185 g/mol. The number of nitrogens with zero attached hydrogens (tertiary/aromatic N) is 1. The van der Waals surface area contributed by atoms with Crippen LogP contribution in [0.3, 0.4) is 0 Å². The van der Waals surface area contributed by atoms with Gasteiger partial charge in [-0.1, -0.05) is 6.92 Å². The molecule has 0 bridgehead atoms. The highest BCUT2D eigenvalue weighted by Crippen LogP contribution is 2.04. The molecule has 1 heterocycles. The Kier molecular flexibility index (Phi) is 3.39. The molecular weight excluding hydrogens is 170 g/mol. The minimum absolute atomic E-state index is 0.134. The molecule has 1 aliphatic rings. The minimum Gasteiger partial charge on any atom is -0.329 e. The standard InChI is InChI=1S/C8H15N3O2/c1-2-6(3-9)11-4-7(12)10-8(13)5-11/h6H,2-5,9H2,1H3,(H,10,12,13). The van der Waals surface area contributed by atoms with Crippen LogP contribution in [0.2, 0.25) is 0 Å². The number of amides is 2. The Morgan fingerprint density at radius 2 is 2.00 bits per heavy atom. The molecule has 13 heavy (non-hydrogen) atoms. The number of rotatable bonds is 3. The maximum Gasteiger partial charge on any atom is 0.240 e. The summed E-state index contributed by atoms with van der Waals surface area (Å²) in [6.45, 7) is 3.04. The van der Waals surface area contributed by atoms with E-state index >= 15 is 0 Å². The van der Waals surface area contributed by atoms with Gasteiger partial charge in [0.15, 0.2) is 0 Å². The zero-order chi connectivity index (χ0) is 9.84. The first-order chi connectivity index (χ1) is 6.17. The topological polar surface area (TPSA) is 75.4 Å². The Labute approximate surface area is 77.3 Å². The first-order valence-electron chi connectivity index (χ1n) is 4.44. The third kappa shape index (κ3) is 2.50. The molecule has 2 amide bonds. The van der Waals surface area contributed by atoms with Gasteiger partial charge in [-0.15, -0.1) is 0 Å². The number of piperazine rings is 1. The van der Waals surface area contributed by atoms with E-state index in [1.54, 1.807) is 0 Å². The molecule has 1 aliphatic heterocycles. The average Bonchev–Trinajstić information content (AvgIpc) is 2.04. The van der Waals surface area contributed by atoms with Crippen molar-refractivity contribution in [3.8, 4) is 0 Å². The van der Waals surface area contributed by atoms with Crippen LogP contribution in [0.1, 0.15) is 13.3 Å². The van der Waals surface area contributed by atoms with Crippen molar-refractivity contribution in [3.63, 3.8) is 0 Å². The summed E-state index contributed by atoms with van der Waals surface area (Å²) in [5.74, 6) is -0.466. The second kappa shape index (κ2) is 4.34. The van der Waals surface area contributed by atoms with Crippen LogP contribution in [0.5, 0.6) is 0 Å². The van der Waals surface area contributed by atoms with Crippen molar-refractivity contribution in [2.75, 3.05) is 19.6 Å². The molecular formula is C8H15N3O2. The number of hydrogen-bond acceptors (Lipinski definition) is 4. The average molecular weight is 185 g/mol. The second-order valence-electron chi connectivity index (χ2n) is 3.17. The van der Waals surface area contributed by atoms with Crippen LogP contribution in [0.15, 0.2) is 0 Å². The first-order valence-corrected chi connectivity index (χ1v) is 4.44. The molecule has 1 unspecified atom stereocenters. The van der Waals surface area contributed by atoms with E-state index < -0.39 is 0 Å². The largest absolute Gasteiger partial charge is 0.329 e. The number of carbonyl (C=O) groups excluding carboxylic acids is 2. The normalized spacial score (nSPS) is 21.4. The van der Waals surface area contributed by atoms with Crippen molar-refractivity contribution < 1.29 is 9.59 Å². The predicted octanol–water partition coefficient (Wildman–Crippen LogP) is -1.32. The number of imide groups is 1. The van der Waals surface area contributed by atoms with Gasteiger partial charge in [-0.3, -0.25) is 19.8 Å². The van der Waals surface area contributed by atoms with Crippen LogP contribution in [0, 0.1) is 0 Å². The minimum atomic E-state index is -0.233. The lowest BCUT2D eigenvalue weighted by atomic mass is 10.1. The molecule has 0 spiro atoms. The van der Waals surface area contributed by atoms with Crippen molar-refractivity contribution in [1.29, 1.82) is 0 Å². The van der Waals surface area contributed by atoms with Crippen LogP contribution in [-0.2, 0) is 9.59 Å². The summed E-state index contributed by atoms with van der Waals surface area (Å²) >= 11 is 0. The molecule has 0 aromatic heterocycles. The third-order valence-electron chi connectivity index (χ3n) is 2.23. The SMILES string of the molecule is CCC(CN)N1CC(=O)NC(=O)C1. The van der Waals surface area contributed by atoms with E-state index in [1.165, 1.54) is 0 Å². The van der Waals surface area contributed by atoms with Gasteiger partial charge in [-0.05, 0) is 6.42 Å². The maximum atomic E-state index is 11.0. The van der Waals surface area contributed by atoms with Gasteiger partial charge in [0.25, 0.3) is 0 Å². The molecule has 5 heteroatoms. The molecule has 3 N–H and O–H groups in total. The van der Waals surface area contributed by atoms with Gasteiger partial charge in [0.1, 0.15) is 0 Å². The van der Waals surface area contributed by atoms with E-state index in [9.17, 15) is 9.59 Å². The first kappa shape index (κ1) is 10.1. The number of nitrogens with two attached hydrogens (primary N) is 1. The van der Waals surface area contributed by atoms with Crippen LogP contribution in [0.25, 0.3) is 0 Å². The van der Waals surface area contributed by atoms with E-state index in [1.807, 2.05) is 11.8 Å². The molecule has 5 nitrogen and oxygen atoms in total. The predicted molar refractivity (Wildman–Crippen MR) is 47.9 cm³/mol. The Balaban J connectivity index is 2.58. The number of carbonyl (C=O) groups is 2. The lowest BCUT2D eigenvalue weighted by Gasteiger charge is -2.31. The van der Waals surface area contributed by atoms with Crippen molar-refractivity contribution in [1.82, 2.24) is 10.2 Å². The molecule has 0 saturated carbocycles. The van der Waals surface area contributed by atoms with E-state index in [2.05, 4.69) is 5.32 Å². The molecule has 1 rings (SSSR count). The summed E-state index contributed by atoms with van der Waals surface area (Å²) in [4.78, 5) is 23.8. The highest BCUT2D eigenvalue weighted by atomic mass is 16.2. The summed E-state index contributed by atoms with van der Waals surface area (Å²) in [7, 11) is 0. The smallest absolute Gasteiger partial charge is 0.240 e. The summed E-state index contributed by atoms with van der Waals surface area (Å²) in [5.41, 5.74) is 5.52. The molecule has 1 fully saturated rings. The quantitative estimate of drug-likeness (QED) is 0.535. The summed E-state index contributed by atoms with van der Waals surface area (Å²) in [6.07, 6.45) is 0.858. The molecule has 74 valence electrons. The number of hydrogen-bond donors (Lipinski definition) is 2. The molecule has 0 aliphatic carbocycles. The van der Waals surface area contributed by atoms with E-state index in [-0.39, 0.29) is 30.9 Å². The third-order valence-corrected chi connectivity index (χ3v) is 2.23. The molecule has 1 saturated heterocycles. The number of nitrogens with one attached hydrogen (secondary N) is 1. The Morgan fingerprint density at radius 3 is 2.38 bits per heavy atom. The van der Waals surface area contributed by atoms with Gasteiger partial charge in [-0.25, -0.2) is 0 Å². The van der Waals surface area contributed by atoms with Crippen LogP contribution < -0.4 is 11.1 Å². The van der Waals surface area contributed by atoms with Crippen LogP contribution in [0.4, 0.5) is 0 Å². The fourth-order valence-corrected chi connectivity index (χ4v) is 1.49. The lowest BCUT2D eigenvalue weighted by Crippen LogP contribution is -2.56. The zero-order valence-electron chi connectivity index (χ0n) is 7.75. The van der Waals surface area contributed by atoms with Crippen LogP contribution in [-0.4, -0.2) is 42.4 Å². The lowest BCUT2D eigenvalue weighted by molar-refractivity contribution is -0.137. The Hall–Kier alpha value is -0.940. The summed E-state index contributed by atoms with van der Waals surface area (Å²) in [5, 5.41) is 2.25. The van der Waals surface area contributed by atoms with Crippen molar-refractivity contribution in [3.05, 3.63) is 0 Å². The second-order valence-corrected chi connectivity index (χ2v) is 3.17. The zero-order valence-corrected chi connectivity index (χ0v) is 7.75. The Morgan fingerprint density at radius 1 is 1.46 bits per heavy atom. The van der Waals surface area contributed by atoms with Gasteiger partial charge in [0, 0.05) is 12.6 Å². The fourth-order valence-electron chi connectivity index (χ4n) is 1.49. The fraction of sp³-hybridized carbons (Fsp3) is 0.750. The van der Waals surface area contributed by atoms with E-state index in [0.717, 1.165) is 6.42 Å². The van der Waals surface area contributed by atoms with Crippen molar-refractivity contribution in [2.45, 2.75) is 19.4 Å². The molecule has 0 aromatic carbocycles. The van der Waals surface area contributed by atoms with Crippen LogP contribution >= 0.6 is 0 Å². The van der Waals surface area contributed by atoms with Gasteiger partial charge in [0.05, 0.1) is 13.1 Å². The molecule has 0 radical (unpaired) electrons. The maximum absolute atomic E-state index is 11.0. The van der Waals surface area contributed by atoms with Gasteiger partial charge >= 0.3 is 0 Å². The Bertz CT molecular complexity index is 197. The molecule has 1 atom stereocenters. The molecule has 0 aromatic rings. The van der Waals surface area contributed by atoms with Gasteiger partial charge in [0.2, 0.25) is 11.8 Å². The van der Waals surface area contributed by atoms with E-state index in [4.69, 9.17) is 5.73 Å². The van der Waals surface area contributed by atoms with Crippen molar-refractivity contribution in [2.24, 2.45) is 5.73 Å². The highest BCUT2D eigenvalue weighted by Gasteiger charge is 2.26. The van der Waals surface area contributed by atoms with Gasteiger partial charge < -0.3 is 5.73 Å². The summed E-state index contributed by atoms with van der Waals surface area (Å²) < 4.78 is 0. The van der Waals surface area contributed by atoms with Gasteiger partial charge in [-0.2, -0.15) is 0 Å². The highest BCUT2D eigenvalue weighted by molar-refractivity contribution is 5.99. The summed E-state index contributed by atoms with van der Waals surface area (Å²) in [6, 6.07) is 0.134. The van der Waals surface area contributed by atoms with E-state index in [0.29, 0.717) is 6.54 Å². The van der Waals surface area contributed by atoms with Crippen molar-refractivity contribution >= 4 is 11.8 Å².